The molecule has 0 spiro atoms. The Balaban J connectivity index is 1.42. The summed E-state index contributed by atoms with van der Waals surface area (Å²) < 4.78 is 36.5. The van der Waals surface area contributed by atoms with Crippen LogP contribution in [0, 0.1) is 5.92 Å². The van der Waals surface area contributed by atoms with Gasteiger partial charge in [-0.3, -0.25) is 0 Å². The molecule has 1 aliphatic rings. The summed E-state index contributed by atoms with van der Waals surface area (Å²) in [7, 11) is -0.0899. The molecule has 2 N–H and O–H groups in total. The lowest BCUT2D eigenvalue weighted by Gasteiger charge is -2.34. The highest BCUT2D eigenvalue weighted by Gasteiger charge is 2.23. The summed E-state index contributed by atoms with van der Waals surface area (Å²) in [5.41, 5.74) is 2.26. The van der Waals surface area contributed by atoms with Gasteiger partial charge in [-0.05, 0) is 63.3 Å². The van der Waals surface area contributed by atoms with Crippen molar-refractivity contribution in [2.45, 2.75) is 56.1 Å². The smallest absolute Gasteiger partial charge is 0.232 e. The largest absolute Gasteiger partial charge is 0.494 e. The number of piperidine rings is 1. The first-order valence-electron chi connectivity index (χ1n) is 13.8. The number of unbranched alkanes of at least 4 members (excludes halogenated alkanes) is 1. The average molecular weight is 569 g/mol. The van der Waals surface area contributed by atoms with Crippen molar-refractivity contribution < 1.29 is 17.9 Å². The number of methoxy groups -OCH3 is 2. The number of rotatable bonds is 13. The quantitative estimate of drug-likeness (QED) is 0.253. The van der Waals surface area contributed by atoms with Crippen LogP contribution >= 0.6 is 0 Å². The number of sulfone groups is 1. The van der Waals surface area contributed by atoms with Gasteiger partial charge in [-0.25, -0.2) is 18.4 Å². The van der Waals surface area contributed by atoms with Gasteiger partial charge in [0, 0.05) is 38.6 Å². The highest BCUT2D eigenvalue weighted by Crippen LogP contribution is 2.34. The van der Waals surface area contributed by atoms with Gasteiger partial charge in [0.1, 0.15) is 12.1 Å². The first-order chi connectivity index (χ1) is 19.3. The van der Waals surface area contributed by atoms with Crippen LogP contribution in [0.2, 0.25) is 0 Å². The number of anilines is 5. The number of nitrogens with zero attached hydrogens (tertiary/aromatic N) is 4. The Bertz CT molecular complexity index is 1360. The first kappa shape index (κ1) is 29.5. The third kappa shape index (κ3) is 7.39. The molecule has 1 saturated heterocycles. The van der Waals surface area contributed by atoms with Gasteiger partial charge in [0.2, 0.25) is 11.9 Å². The van der Waals surface area contributed by atoms with Crippen molar-refractivity contribution in [2.75, 3.05) is 49.4 Å². The van der Waals surface area contributed by atoms with Crippen LogP contribution in [-0.2, 0) is 14.6 Å². The highest BCUT2D eigenvalue weighted by atomic mass is 32.2. The predicted molar refractivity (Wildman–Crippen MR) is 159 cm³/mol. The minimum atomic E-state index is -3.49. The molecule has 2 aromatic carbocycles. The van der Waals surface area contributed by atoms with Crippen molar-refractivity contribution >= 4 is 38.8 Å². The van der Waals surface area contributed by atoms with Gasteiger partial charge in [-0.15, -0.1) is 0 Å². The minimum absolute atomic E-state index is 0.201. The molecule has 10 nitrogen and oxygen atoms in total. The van der Waals surface area contributed by atoms with E-state index in [0.717, 1.165) is 43.4 Å². The Labute approximate surface area is 237 Å². The summed E-state index contributed by atoms with van der Waals surface area (Å²) in [6.45, 7) is 6.22. The first-order valence-corrected chi connectivity index (χ1v) is 15.3. The number of aromatic nitrogens is 3. The lowest BCUT2D eigenvalue weighted by molar-refractivity contribution is 0.189. The maximum Gasteiger partial charge on any atom is 0.232 e. The summed E-state index contributed by atoms with van der Waals surface area (Å²) >= 11 is 0. The van der Waals surface area contributed by atoms with Gasteiger partial charge in [-0.2, -0.15) is 4.98 Å². The number of para-hydroxylation sites is 1. The van der Waals surface area contributed by atoms with E-state index in [2.05, 4.69) is 36.6 Å². The maximum absolute atomic E-state index is 12.8. The van der Waals surface area contributed by atoms with Crippen molar-refractivity contribution in [3.63, 3.8) is 0 Å². The summed E-state index contributed by atoms with van der Waals surface area (Å²) in [6.07, 6.45) is 7.39. The molecule has 0 atom stereocenters. The van der Waals surface area contributed by atoms with E-state index >= 15 is 0 Å². The monoisotopic (exact) mass is 568 g/mol. The Hall–Kier alpha value is -3.44. The van der Waals surface area contributed by atoms with Crippen molar-refractivity contribution in [3.05, 3.63) is 48.8 Å². The van der Waals surface area contributed by atoms with Crippen LogP contribution in [-0.4, -0.2) is 62.5 Å². The topological polar surface area (TPSA) is 119 Å². The Morgan fingerprint density at radius 2 is 1.68 bits per heavy atom. The van der Waals surface area contributed by atoms with Crippen molar-refractivity contribution in [1.82, 2.24) is 15.0 Å². The highest BCUT2D eigenvalue weighted by molar-refractivity contribution is 7.92. The van der Waals surface area contributed by atoms with E-state index in [1.54, 1.807) is 52.3 Å². The minimum Gasteiger partial charge on any atom is -0.494 e. The molecule has 0 bridgehead atoms. The zero-order chi connectivity index (χ0) is 28.5. The van der Waals surface area contributed by atoms with Crippen molar-refractivity contribution in [2.24, 2.45) is 5.92 Å². The van der Waals surface area contributed by atoms with Gasteiger partial charge < -0.3 is 25.0 Å². The number of ether oxygens (including phenoxy) is 2. The fourth-order valence-corrected chi connectivity index (χ4v) is 6.07. The molecule has 11 heteroatoms. The second-order valence-electron chi connectivity index (χ2n) is 10.3. The molecule has 216 valence electrons. The molecular weight excluding hydrogens is 528 g/mol. The number of nitrogens with one attached hydrogen (secondary N) is 2. The van der Waals surface area contributed by atoms with Gasteiger partial charge >= 0.3 is 0 Å². The molecule has 1 fully saturated rings. The summed E-state index contributed by atoms with van der Waals surface area (Å²) in [5, 5.41) is 5.69. The second kappa shape index (κ2) is 13.8. The zero-order valence-corrected chi connectivity index (χ0v) is 24.6. The van der Waals surface area contributed by atoms with E-state index in [0.29, 0.717) is 17.4 Å². The Morgan fingerprint density at radius 1 is 0.975 bits per heavy atom. The summed E-state index contributed by atoms with van der Waals surface area (Å²) in [5.74, 6) is 1.99. The van der Waals surface area contributed by atoms with Gasteiger partial charge in [0.25, 0.3) is 0 Å². The van der Waals surface area contributed by atoms with Gasteiger partial charge in [0.15, 0.2) is 9.84 Å². The molecule has 1 aliphatic heterocycles. The van der Waals surface area contributed by atoms with Gasteiger partial charge in [0.05, 0.1) is 28.6 Å². The lowest BCUT2D eigenvalue weighted by Crippen LogP contribution is -2.33. The predicted octanol–water partition coefficient (Wildman–Crippen LogP) is 5.58. The normalized spacial score (nSPS) is 14.4. The Morgan fingerprint density at radius 3 is 2.35 bits per heavy atom. The SMILES string of the molecule is COCCCCC1CCN(c2ccc(Nc3ncnc(Nc4ccccc4S(=O)(=O)C(C)C)n3)c(OC)c2)CC1. The van der Waals surface area contributed by atoms with E-state index in [1.165, 1.54) is 32.0 Å². The third-order valence-corrected chi connectivity index (χ3v) is 9.46. The molecule has 0 unspecified atom stereocenters. The van der Waals surface area contributed by atoms with Crippen LogP contribution in [0.25, 0.3) is 0 Å². The standard InChI is InChI=1S/C29H40N6O4S/c1-21(2)40(36,37)27-11-6-5-10-25(27)33-29-31-20-30-28(34-29)32-24-13-12-23(19-26(24)39-4)35-16-14-22(15-17-35)9-7-8-18-38-3/h5-6,10-13,19-22H,7-9,14-18H2,1-4H3,(H2,30,31,32,33,34). The number of benzene rings is 2. The molecule has 0 saturated carbocycles. The van der Waals surface area contributed by atoms with Crippen LogP contribution in [0.3, 0.4) is 0 Å². The van der Waals surface area contributed by atoms with Crippen LogP contribution in [0.1, 0.15) is 46.0 Å². The molecule has 40 heavy (non-hydrogen) atoms. The van der Waals surface area contributed by atoms with Crippen molar-refractivity contribution in [1.29, 1.82) is 0 Å². The molecule has 0 amide bonds. The van der Waals surface area contributed by atoms with E-state index in [1.807, 2.05) is 12.1 Å². The second-order valence-corrected chi connectivity index (χ2v) is 12.7. The van der Waals surface area contributed by atoms with Crippen LogP contribution < -0.4 is 20.3 Å². The molecule has 2 heterocycles. The molecule has 0 radical (unpaired) electrons. The van der Waals surface area contributed by atoms with Crippen molar-refractivity contribution in [3.8, 4) is 5.75 Å². The lowest BCUT2D eigenvalue weighted by atomic mass is 9.91. The maximum atomic E-state index is 12.8. The van der Waals surface area contributed by atoms with E-state index in [-0.39, 0.29) is 10.8 Å². The average Bonchev–Trinajstić information content (AvgIpc) is 2.96. The Kier molecular flexibility index (Phi) is 10.2. The van der Waals surface area contributed by atoms with Gasteiger partial charge in [-0.1, -0.05) is 25.0 Å². The summed E-state index contributed by atoms with van der Waals surface area (Å²) in [4.78, 5) is 15.5. The fourth-order valence-electron chi connectivity index (χ4n) is 4.87. The van der Waals surface area contributed by atoms with Crippen LogP contribution in [0.4, 0.5) is 29.0 Å². The summed E-state index contributed by atoms with van der Waals surface area (Å²) in [6, 6.07) is 12.8. The molecule has 3 aromatic rings. The molecule has 1 aromatic heterocycles. The van der Waals surface area contributed by atoms with Crippen LogP contribution in [0.5, 0.6) is 5.75 Å². The number of hydrogen-bond donors (Lipinski definition) is 2. The van der Waals surface area contributed by atoms with E-state index in [9.17, 15) is 8.42 Å². The molecular formula is C29H40N6O4S. The van der Waals surface area contributed by atoms with Crippen LogP contribution in [0.15, 0.2) is 53.7 Å². The molecule has 4 rings (SSSR count). The number of hydrogen-bond acceptors (Lipinski definition) is 10. The van der Waals surface area contributed by atoms with E-state index < -0.39 is 15.1 Å². The zero-order valence-electron chi connectivity index (χ0n) is 23.8. The fraction of sp³-hybridized carbons (Fsp3) is 0.483. The molecule has 0 aliphatic carbocycles. The third-order valence-electron chi connectivity index (χ3n) is 7.25. The van der Waals surface area contributed by atoms with E-state index in [4.69, 9.17) is 9.47 Å².